The number of aromatic nitrogens is 2. The smallest absolute Gasteiger partial charge is 0.211 e. The van der Waals surface area contributed by atoms with E-state index in [-0.39, 0.29) is 17.8 Å². The van der Waals surface area contributed by atoms with Crippen molar-refractivity contribution in [1.29, 1.82) is 0 Å². The fourth-order valence-electron chi connectivity index (χ4n) is 2.92. The SMILES string of the molecule is CCS(=O)(=O)NC[C@H]1CO[C@H]2CN(c3nnc(C)s3)C[C@@H]12. The summed E-state index contributed by atoms with van der Waals surface area (Å²) in [7, 11) is -3.14. The third kappa shape index (κ3) is 3.20. The number of rotatable bonds is 5. The molecule has 0 aromatic carbocycles. The Bertz CT molecular complexity index is 603. The van der Waals surface area contributed by atoms with Crippen LogP contribution < -0.4 is 9.62 Å². The highest BCUT2D eigenvalue weighted by Crippen LogP contribution is 2.36. The van der Waals surface area contributed by atoms with Gasteiger partial charge in [0.15, 0.2) is 0 Å². The lowest BCUT2D eigenvalue weighted by molar-refractivity contribution is 0.111. The Morgan fingerprint density at radius 1 is 1.43 bits per heavy atom. The van der Waals surface area contributed by atoms with Gasteiger partial charge < -0.3 is 9.64 Å². The maximum Gasteiger partial charge on any atom is 0.211 e. The molecule has 7 nitrogen and oxygen atoms in total. The van der Waals surface area contributed by atoms with Gasteiger partial charge in [0.2, 0.25) is 15.2 Å². The topological polar surface area (TPSA) is 84.4 Å². The fraction of sp³-hybridized carbons (Fsp3) is 0.833. The van der Waals surface area contributed by atoms with Crippen LogP contribution in [0.15, 0.2) is 0 Å². The second-order valence-electron chi connectivity index (χ2n) is 5.56. The molecule has 21 heavy (non-hydrogen) atoms. The molecule has 2 saturated heterocycles. The molecule has 0 unspecified atom stereocenters. The van der Waals surface area contributed by atoms with Gasteiger partial charge in [-0.1, -0.05) is 11.3 Å². The fourth-order valence-corrected chi connectivity index (χ4v) is 4.29. The van der Waals surface area contributed by atoms with Gasteiger partial charge in [-0.3, -0.25) is 0 Å². The van der Waals surface area contributed by atoms with E-state index in [1.165, 1.54) is 0 Å². The quantitative estimate of drug-likeness (QED) is 0.831. The molecule has 2 aliphatic heterocycles. The molecule has 2 aliphatic rings. The first kappa shape index (κ1) is 15.1. The van der Waals surface area contributed by atoms with Gasteiger partial charge in [0.25, 0.3) is 0 Å². The van der Waals surface area contributed by atoms with Gasteiger partial charge >= 0.3 is 0 Å². The highest BCUT2D eigenvalue weighted by molar-refractivity contribution is 7.89. The molecule has 0 aliphatic carbocycles. The molecule has 0 spiro atoms. The zero-order chi connectivity index (χ0) is 15.0. The van der Waals surface area contributed by atoms with Crippen molar-refractivity contribution in [2.24, 2.45) is 11.8 Å². The molecule has 0 amide bonds. The van der Waals surface area contributed by atoms with Crippen molar-refractivity contribution in [2.75, 3.05) is 36.9 Å². The number of ether oxygens (including phenoxy) is 1. The average molecular weight is 332 g/mol. The lowest BCUT2D eigenvalue weighted by Crippen LogP contribution is -2.35. The summed E-state index contributed by atoms with van der Waals surface area (Å²) in [5, 5.41) is 10.1. The van der Waals surface area contributed by atoms with Crippen LogP contribution in [0.5, 0.6) is 0 Å². The number of aryl methyl sites for hydroxylation is 1. The Balaban J connectivity index is 1.61. The zero-order valence-electron chi connectivity index (χ0n) is 12.2. The first-order valence-corrected chi connectivity index (χ1v) is 9.59. The Morgan fingerprint density at radius 3 is 2.90 bits per heavy atom. The van der Waals surface area contributed by atoms with Crippen LogP contribution in [0.2, 0.25) is 0 Å². The third-order valence-electron chi connectivity index (χ3n) is 4.17. The molecule has 2 fully saturated rings. The number of hydrogen-bond acceptors (Lipinski definition) is 7. The summed E-state index contributed by atoms with van der Waals surface area (Å²) in [4.78, 5) is 2.19. The minimum atomic E-state index is -3.14. The monoisotopic (exact) mass is 332 g/mol. The molecule has 1 aromatic rings. The van der Waals surface area contributed by atoms with Crippen LogP contribution in [0.1, 0.15) is 11.9 Å². The van der Waals surface area contributed by atoms with Crippen LogP contribution in [0.4, 0.5) is 5.13 Å². The number of hydrogen-bond donors (Lipinski definition) is 1. The van der Waals surface area contributed by atoms with E-state index < -0.39 is 10.0 Å². The Kier molecular flexibility index (Phi) is 4.17. The lowest BCUT2D eigenvalue weighted by Gasteiger charge is -2.18. The second kappa shape index (κ2) is 5.79. The van der Waals surface area contributed by atoms with E-state index in [9.17, 15) is 8.42 Å². The summed E-state index contributed by atoms with van der Waals surface area (Å²) in [5.74, 6) is 0.703. The standard InChI is InChI=1S/C12H20N4O3S2/c1-3-21(17,18)13-4-9-7-19-11-6-16(5-10(9)11)12-15-14-8(2)20-12/h9-11,13H,3-7H2,1-2H3/t9-,10-,11-/m0/s1. The van der Waals surface area contributed by atoms with Crippen LogP contribution in [0, 0.1) is 18.8 Å². The molecule has 0 saturated carbocycles. The van der Waals surface area contributed by atoms with Gasteiger partial charge in [-0.05, 0) is 13.8 Å². The normalized spacial score (nSPS) is 29.0. The van der Waals surface area contributed by atoms with Crippen molar-refractivity contribution < 1.29 is 13.2 Å². The highest BCUT2D eigenvalue weighted by atomic mass is 32.2. The van der Waals surface area contributed by atoms with Crippen LogP contribution in [0.25, 0.3) is 0 Å². The number of nitrogens with zero attached hydrogens (tertiary/aromatic N) is 3. The summed E-state index contributed by atoms with van der Waals surface area (Å²) in [5.41, 5.74) is 0. The Hall–Kier alpha value is -0.770. The van der Waals surface area contributed by atoms with Crippen LogP contribution in [0.3, 0.4) is 0 Å². The minimum absolute atomic E-state index is 0.116. The second-order valence-corrected chi connectivity index (χ2v) is 8.81. The van der Waals surface area contributed by atoms with Crippen molar-refractivity contribution >= 4 is 26.5 Å². The van der Waals surface area contributed by atoms with Crippen LogP contribution >= 0.6 is 11.3 Å². The molecular weight excluding hydrogens is 312 g/mol. The van der Waals surface area contributed by atoms with E-state index in [0.29, 0.717) is 19.1 Å². The maximum atomic E-state index is 11.6. The van der Waals surface area contributed by atoms with Crippen molar-refractivity contribution in [3.8, 4) is 0 Å². The van der Waals surface area contributed by atoms with Gasteiger partial charge in [0.1, 0.15) is 5.01 Å². The predicted octanol–water partition coefficient (Wildman–Crippen LogP) is 0.237. The molecular formula is C12H20N4O3S2. The first-order valence-electron chi connectivity index (χ1n) is 7.12. The van der Waals surface area contributed by atoms with Crippen molar-refractivity contribution in [3.05, 3.63) is 5.01 Å². The molecule has 0 bridgehead atoms. The minimum Gasteiger partial charge on any atom is -0.376 e. The molecule has 0 radical (unpaired) electrons. The molecule has 118 valence electrons. The van der Waals surface area contributed by atoms with Crippen LogP contribution in [-0.2, 0) is 14.8 Å². The number of nitrogens with one attached hydrogen (secondary N) is 1. The number of sulfonamides is 1. The van der Waals surface area contributed by atoms with E-state index in [2.05, 4.69) is 19.8 Å². The number of fused-ring (bicyclic) bond motifs is 1. The van der Waals surface area contributed by atoms with E-state index in [0.717, 1.165) is 23.2 Å². The molecule has 1 aromatic heterocycles. The third-order valence-corrected chi connectivity index (χ3v) is 6.44. The first-order chi connectivity index (χ1) is 9.98. The van der Waals surface area contributed by atoms with Gasteiger partial charge in [0.05, 0.1) is 18.5 Å². The van der Waals surface area contributed by atoms with Gasteiger partial charge in [0, 0.05) is 31.5 Å². The van der Waals surface area contributed by atoms with Gasteiger partial charge in [-0.15, -0.1) is 10.2 Å². The Labute approximate surface area is 128 Å². The molecule has 1 N–H and O–H groups in total. The zero-order valence-corrected chi connectivity index (χ0v) is 13.8. The van der Waals surface area contributed by atoms with E-state index in [4.69, 9.17) is 4.74 Å². The van der Waals surface area contributed by atoms with Crippen molar-refractivity contribution in [1.82, 2.24) is 14.9 Å². The Morgan fingerprint density at radius 2 is 2.24 bits per heavy atom. The molecule has 3 atom stereocenters. The van der Waals surface area contributed by atoms with E-state index in [1.807, 2.05) is 6.92 Å². The summed E-state index contributed by atoms with van der Waals surface area (Å²) in [6, 6.07) is 0. The molecule has 9 heteroatoms. The van der Waals surface area contributed by atoms with Crippen molar-refractivity contribution in [3.63, 3.8) is 0 Å². The summed E-state index contributed by atoms with van der Waals surface area (Å²) < 4.78 is 31.6. The molecule has 3 rings (SSSR count). The summed E-state index contributed by atoms with van der Waals surface area (Å²) in [6.45, 7) is 6.35. The number of anilines is 1. The average Bonchev–Trinajstić information content (AvgIpc) is 3.11. The highest BCUT2D eigenvalue weighted by Gasteiger charge is 2.44. The summed E-state index contributed by atoms with van der Waals surface area (Å²) in [6.07, 6.45) is 0.172. The van der Waals surface area contributed by atoms with Gasteiger partial charge in [-0.25, -0.2) is 13.1 Å². The predicted molar refractivity (Wildman–Crippen MR) is 81.0 cm³/mol. The lowest BCUT2D eigenvalue weighted by atomic mass is 9.93. The maximum absolute atomic E-state index is 11.6. The van der Waals surface area contributed by atoms with Crippen molar-refractivity contribution in [2.45, 2.75) is 20.0 Å². The van der Waals surface area contributed by atoms with Crippen LogP contribution in [-0.4, -0.2) is 56.7 Å². The largest absolute Gasteiger partial charge is 0.376 e. The van der Waals surface area contributed by atoms with Gasteiger partial charge in [-0.2, -0.15) is 0 Å². The molecule has 3 heterocycles. The van der Waals surface area contributed by atoms with E-state index in [1.54, 1.807) is 18.3 Å². The summed E-state index contributed by atoms with van der Waals surface area (Å²) >= 11 is 1.58. The van der Waals surface area contributed by atoms with E-state index >= 15 is 0 Å².